The van der Waals surface area contributed by atoms with Crippen LogP contribution < -0.4 is 5.32 Å². The highest BCUT2D eigenvalue weighted by Crippen LogP contribution is 2.13. The van der Waals surface area contributed by atoms with E-state index in [0.29, 0.717) is 12.6 Å². The first-order chi connectivity index (χ1) is 10.5. The summed E-state index contributed by atoms with van der Waals surface area (Å²) >= 11 is 0. The summed E-state index contributed by atoms with van der Waals surface area (Å²) in [4.78, 5) is 16.7. The molecule has 1 N–H and O–H groups in total. The SMILES string of the molecule is C[C@H](CCn1cccn1)NC(=O)CN(C)C1CCN(C)CC1. The summed E-state index contributed by atoms with van der Waals surface area (Å²) in [6, 6.07) is 2.61. The maximum absolute atomic E-state index is 12.1. The maximum atomic E-state index is 12.1. The maximum Gasteiger partial charge on any atom is 0.234 e. The van der Waals surface area contributed by atoms with Crippen molar-refractivity contribution in [3.8, 4) is 0 Å². The van der Waals surface area contributed by atoms with Gasteiger partial charge in [-0.2, -0.15) is 5.10 Å². The van der Waals surface area contributed by atoms with Crippen molar-refractivity contribution in [2.75, 3.05) is 33.7 Å². The summed E-state index contributed by atoms with van der Waals surface area (Å²) in [7, 11) is 4.22. The Kier molecular flexibility index (Phi) is 6.39. The number of aryl methyl sites for hydroxylation is 1. The molecule has 0 unspecified atom stereocenters. The van der Waals surface area contributed by atoms with Crippen molar-refractivity contribution in [1.82, 2.24) is 24.9 Å². The summed E-state index contributed by atoms with van der Waals surface area (Å²) in [5.41, 5.74) is 0. The van der Waals surface area contributed by atoms with Crippen molar-refractivity contribution in [3.05, 3.63) is 18.5 Å². The van der Waals surface area contributed by atoms with Gasteiger partial charge in [0.25, 0.3) is 0 Å². The Morgan fingerprint density at radius 3 is 2.82 bits per heavy atom. The highest BCUT2D eigenvalue weighted by molar-refractivity contribution is 5.78. The van der Waals surface area contributed by atoms with Gasteiger partial charge in [0, 0.05) is 31.0 Å². The summed E-state index contributed by atoms with van der Waals surface area (Å²) < 4.78 is 1.90. The molecule has 1 atom stereocenters. The molecule has 6 nitrogen and oxygen atoms in total. The predicted molar refractivity (Wildman–Crippen MR) is 87.6 cm³/mol. The van der Waals surface area contributed by atoms with Gasteiger partial charge in [-0.3, -0.25) is 14.4 Å². The number of nitrogens with one attached hydrogen (secondary N) is 1. The summed E-state index contributed by atoms with van der Waals surface area (Å²) in [5.74, 6) is 0.120. The largest absolute Gasteiger partial charge is 0.352 e. The third kappa shape index (κ3) is 5.42. The molecule has 1 aliphatic rings. The van der Waals surface area contributed by atoms with Crippen LogP contribution in [0.15, 0.2) is 18.5 Å². The van der Waals surface area contributed by atoms with Crippen LogP contribution in [0.25, 0.3) is 0 Å². The van der Waals surface area contributed by atoms with Crippen molar-refractivity contribution in [1.29, 1.82) is 0 Å². The second-order valence-corrected chi connectivity index (χ2v) is 6.48. The number of hydrogen-bond acceptors (Lipinski definition) is 4. The van der Waals surface area contributed by atoms with Gasteiger partial charge in [-0.25, -0.2) is 0 Å². The minimum absolute atomic E-state index is 0.120. The molecule has 1 aromatic rings. The van der Waals surface area contributed by atoms with Gasteiger partial charge >= 0.3 is 0 Å². The lowest BCUT2D eigenvalue weighted by molar-refractivity contribution is -0.123. The molecule has 0 aliphatic carbocycles. The Morgan fingerprint density at radius 1 is 1.45 bits per heavy atom. The quantitative estimate of drug-likeness (QED) is 0.810. The van der Waals surface area contributed by atoms with Crippen LogP contribution in [0.4, 0.5) is 0 Å². The Morgan fingerprint density at radius 2 is 2.18 bits per heavy atom. The lowest BCUT2D eigenvalue weighted by Crippen LogP contribution is -2.47. The van der Waals surface area contributed by atoms with E-state index in [1.54, 1.807) is 6.20 Å². The van der Waals surface area contributed by atoms with E-state index < -0.39 is 0 Å². The van der Waals surface area contributed by atoms with Gasteiger partial charge in [-0.1, -0.05) is 0 Å². The molecule has 124 valence electrons. The number of likely N-dealkylation sites (tertiary alicyclic amines) is 1. The fourth-order valence-corrected chi connectivity index (χ4v) is 2.94. The molecule has 2 rings (SSSR count). The standard InChI is InChI=1S/C16H29N5O/c1-14(5-12-21-9-4-8-17-21)18-16(22)13-20(3)15-6-10-19(2)11-7-15/h4,8-9,14-15H,5-7,10-13H2,1-3H3,(H,18,22)/t14-/m1/s1. The van der Waals surface area contributed by atoms with E-state index >= 15 is 0 Å². The molecule has 0 bridgehead atoms. The van der Waals surface area contributed by atoms with Gasteiger partial charge in [0.1, 0.15) is 0 Å². The van der Waals surface area contributed by atoms with Crippen LogP contribution in [0.5, 0.6) is 0 Å². The average molecular weight is 307 g/mol. The number of nitrogens with zero attached hydrogens (tertiary/aromatic N) is 4. The minimum atomic E-state index is 0.120. The molecule has 0 aromatic carbocycles. The molecule has 1 amide bonds. The fourth-order valence-electron chi connectivity index (χ4n) is 2.94. The Labute approximate surface area is 133 Å². The molecule has 1 fully saturated rings. The molecular formula is C16H29N5O. The van der Waals surface area contributed by atoms with Gasteiger partial charge in [-0.15, -0.1) is 0 Å². The molecule has 22 heavy (non-hydrogen) atoms. The first-order valence-electron chi connectivity index (χ1n) is 8.20. The van der Waals surface area contributed by atoms with Crippen LogP contribution in [0.3, 0.4) is 0 Å². The number of carbonyl (C=O) groups excluding carboxylic acids is 1. The van der Waals surface area contributed by atoms with Gasteiger partial charge in [0.05, 0.1) is 6.54 Å². The minimum Gasteiger partial charge on any atom is -0.352 e. The van der Waals surface area contributed by atoms with E-state index in [-0.39, 0.29) is 11.9 Å². The van der Waals surface area contributed by atoms with Crippen molar-refractivity contribution >= 4 is 5.91 Å². The van der Waals surface area contributed by atoms with E-state index in [9.17, 15) is 4.79 Å². The smallest absolute Gasteiger partial charge is 0.234 e. The van der Waals surface area contributed by atoms with Crippen molar-refractivity contribution in [3.63, 3.8) is 0 Å². The fraction of sp³-hybridized carbons (Fsp3) is 0.750. The van der Waals surface area contributed by atoms with Crippen LogP contribution in [-0.4, -0.2) is 71.3 Å². The monoisotopic (exact) mass is 307 g/mol. The van der Waals surface area contributed by atoms with Crippen LogP contribution in [0, 0.1) is 0 Å². The summed E-state index contributed by atoms with van der Waals surface area (Å²) in [5, 5.41) is 7.26. The van der Waals surface area contributed by atoms with Gasteiger partial charge < -0.3 is 10.2 Å². The Bertz CT molecular complexity index is 439. The van der Waals surface area contributed by atoms with Crippen LogP contribution in [0.2, 0.25) is 0 Å². The lowest BCUT2D eigenvalue weighted by Gasteiger charge is -2.34. The van der Waals surface area contributed by atoms with Gasteiger partial charge in [0.2, 0.25) is 5.91 Å². The van der Waals surface area contributed by atoms with E-state index in [1.165, 1.54) is 0 Å². The van der Waals surface area contributed by atoms with Crippen molar-refractivity contribution in [2.24, 2.45) is 0 Å². The number of rotatable bonds is 7. The molecule has 2 heterocycles. The van der Waals surface area contributed by atoms with E-state index in [1.807, 2.05) is 16.9 Å². The normalized spacial score (nSPS) is 18.5. The molecule has 0 spiro atoms. The van der Waals surface area contributed by atoms with Crippen molar-refractivity contribution in [2.45, 2.75) is 44.8 Å². The molecule has 1 aromatic heterocycles. The first kappa shape index (κ1) is 17.0. The van der Waals surface area contributed by atoms with Gasteiger partial charge in [-0.05, 0) is 59.4 Å². The van der Waals surface area contributed by atoms with Crippen molar-refractivity contribution < 1.29 is 4.79 Å². The van der Waals surface area contributed by atoms with Crippen LogP contribution in [0.1, 0.15) is 26.2 Å². The third-order valence-electron chi connectivity index (χ3n) is 4.46. The number of carbonyl (C=O) groups is 1. The zero-order valence-electron chi connectivity index (χ0n) is 14.0. The highest BCUT2D eigenvalue weighted by Gasteiger charge is 2.22. The predicted octanol–water partition coefficient (Wildman–Crippen LogP) is 0.804. The average Bonchev–Trinajstić information content (AvgIpc) is 2.99. The number of hydrogen-bond donors (Lipinski definition) is 1. The summed E-state index contributed by atoms with van der Waals surface area (Å²) in [6.45, 7) is 5.62. The summed E-state index contributed by atoms with van der Waals surface area (Å²) in [6.07, 6.45) is 6.91. The molecule has 1 saturated heterocycles. The van der Waals surface area contributed by atoms with E-state index in [2.05, 4.69) is 41.2 Å². The Hall–Kier alpha value is -1.40. The highest BCUT2D eigenvalue weighted by atomic mass is 16.2. The molecule has 6 heteroatoms. The molecule has 0 radical (unpaired) electrons. The lowest BCUT2D eigenvalue weighted by atomic mass is 10.0. The first-order valence-corrected chi connectivity index (χ1v) is 8.20. The second-order valence-electron chi connectivity index (χ2n) is 6.48. The molecular weight excluding hydrogens is 278 g/mol. The van der Waals surface area contributed by atoms with Gasteiger partial charge in [0.15, 0.2) is 0 Å². The number of piperidine rings is 1. The third-order valence-corrected chi connectivity index (χ3v) is 4.46. The number of aromatic nitrogens is 2. The topological polar surface area (TPSA) is 53.4 Å². The number of amides is 1. The second kappa shape index (κ2) is 8.29. The molecule has 1 aliphatic heterocycles. The zero-order valence-corrected chi connectivity index (χ0v) is 14.0. The van der Waals surface area contributed by atoms with Crippen LogP contribution >= 0.6 is 0 Å². The van der Waals surface area contributed by atoms with E-state index in [4.69, 9.17) is 0 Å². The van der Waals surface area contributed by atoms with Crippen LogP contribution in [-0.2, 0) is 11.3 Å². The number of likely N-dealkylation sites (N-methyl/N-ethyl adjacent to an activating group) is 1. The van der Waals surface area contributed by atoms with E-state index in [0.717, 1.165) is 38.9 Å². The zero-order chi connectivity index (χ0) is 15.9. The molecule has 0 saturated carbocycles. The Balaban J connectivity index is 1.65.